The molecule has 0 radical (unpaired) electrons. The van der Waals surface area contributed by atoms with E-state index in [1.807, 2.05) is 48.5 Å². The van der Waals surface area contributed by atoms with E-state index in [4.69, 9.17) is 23.7 Å². The van der Waals surface area contributed by atoms with Crippen LogP contribution in [0.1, 0.15) is 12.8 Å². The second-order valence-corrected chi connectivity index (χ2v) is 7.11. The molecule has 2 aromatic carbocycles. The van der Waals surface area contributed by atoms with E-state index in [9.17, 15) is 0 Å². The summed E-state index contributed by atoms with van der Waals surface area (Å²) < 4.78 is 27.8. The van der Waals surface area contributed by atoms with Gasteiger partial charge in [-0.2, -0.15) is 0 Å². The maximum atomic E-state index is 5.79. The van der Waals surface area contributed by atoms with Crippen LogP contribution in [0.4, 0.5) is 5.69 Å². The van der Waals surface area contributed by atoms with Gasteiger partial charge in [0.25, 0.3) is 0 Å². The first kappa shape index (κ1) is 27.0. The van der Waals surface area contributed by atoms with Crippen LogP contribution in [0.25, 0.3) is 0 Å². The van der Waals surface area contributed by atoms with Gasteiger partial charge in [0, 0.05) is 44.8 Å². The molecule has 0 aliphatic carbocycles. The first-order valence-electron chi connectivity index (χ1n) is 11.0. The van der Waals surface area contributed by atoms with E-state index in [2.05, 4.69) is 15.6 Å². The van der Waals surface area contributed by atoms with Crippen LogP contribution in [0.15, 0.2) is 53.5 Å². The summed E-state index contributed by atoms with van der Waals surface area (Å²) in [7, 11) is 1.66. The Hall–Kier alpha value is -2.24. The summed E-state index contributed by atoms with van der Waals surface area (Å²) in [4.78, 5) is 4.68. The Morgan fingerprint density at radius 3 is 2.61 bits per heavy atom. The molecule has 182 valence electrons. The quantitative estimate of drug-likeness (QED) is 0.173. The van der Waals surface area contributed by atoms with Crippen LogP contribution in [0.5, 0.6) is 17.2 Å². The van der Waals surface area contributed by atoms with Crippen LogP contribution in [0.3, 0.4) is 0 Å². The third-order valence-electron chi connectivity index (χ3n) is 4.57. The Kier molecular flexibility index (Phi) is 13.4. The van der Waals surface area contributed by atoms with Crippen molar-refractivity contribution in [1.29, 1.82) is 0 Å². The molecule has 9 heteroatoms. The summed E-state index contributed by atoms with van der Waals surface area (Å²) in [5, 5.41) is 6.65. The Morgan fingerprint density at radius 2 is 1.79 bits per heavy atom. The van der Waals surface area contributed by atoms with E-state index < -0.39 is 0 Å². The molecule has 0 bridgehead atoms. The number of ether oxygens (including phenoxy) is 5. The van der Waals surface area contributed by atoms with Crippen LogP contribution >= 0.6 is 24.0 Å². The lowest BCUT2D eigenvalue weighted by Crippen LogP contribution is -2.34. The van der Waals surface area contributed by atoms with Gasteiger partial charge in [-0.1, -0.05) is 18.2 Å². The number of hydrogen-bond donors (Lipinski definition) is 2. The molecule has 0 unspecified atom stereocenters. The number of hydrogen-bond acceptors (Lipinski definition) is 6. The second kappa shape index (κ2) is 16.4. The standard InChI is InChI=1S/C24H33N3O5.HI/c1-28-17-18-29-16-12-26-24(25-11-5-13-30-21-7-3-2-4-8-21)27-20-9-10-22-23(19-20)32-15-6-14-31-22;/h2-4,7-10,19H,5-6,11-18H2,1H3,(H2,25,26,27);1H. The first-order chi connectivity index (χ1) is 15.8. The third-order valence-corrected chi connectivity index (χ3v) is 4.57. The number of nitrogens with one attached hydrogen (secondary N) is 2. The van der Waals surface area contributed by atoms with Gasteiger partial charge in [-0.25, -0.2) is 0 Å². The Morgan fingerprint density at radius 1 is 0.970 bits per heavy atom. The van der Waals surface area contributed by atoms with Gasteiger partial charge < -0.3 is 34.3 Å². The SMILES string of the molecule is COCCOCCNC(=NCCCOc1ccccc1)Nc1ccc2c(c1)OCCCO2.I. The molecule has 1 aliphatic heterocycles. The Balaban J connectivity index is 0.00000385. The van der Waals surface area contributed by atoms with Gasteiger partial charge in [-0.05, 0) is 24.3 Å². The predicted molar refractivity (Wildman–Crippen MR) is 141 cm³/mol. The molecule has 2 N–H and O–H groups in total. The van der Waals surface area contributed by atoms with E-state index in [0.29, 0.717) is 58.7 Å². The highest BCUT2D eigenvalue weighted by Gasteiger charge is 2.11. The summed E-state index contributed by atoms with van der Waals surface area (Å²) in [5.41, 5.74) is 0.876. The largest absolute Gasteiger partial charge is 0.494 e. The minimum Gasteiger partial charge on any atom is -0.494 e. The molecule has 0 atom stereocenters. The highest BCUT2D eigenvalue weighted by molar-refractivity contribution is 14.0. The number of guanidine groups is 1. The molecule has 1 aliphatic rings. The fraction of sp³-hybridized carbons (Fsp3) is 0.458. The van der Waals surface area contributed by atoms with Crippen LogP contribution in [-0.2, 0) is 9.47 Å². The van der Waals surface area contributed by atoms with Gasteiger partial charge >= 0.3 is 0 Å². The van der Waals surface area contributed by atoms with E-state index in [0.717, 1.165) is 35.8 Å². The number of anilines is 1. The van der Waals surface area contributed by atoms with Crippen molar-refractivity contribution in [1.82, 2.24) is 5.32 Å². The number of methoxy groups -OCH3 is 1. The lowest BCUT2D eigenvalue weighted by Gasteiger charge is -2.15. The van der Waals surface area contributed by atoms with Crippen molar-refractivity contribution in [2.45, 2.75) is 12.8 Å². The molecule has 0 fully saturated rings. The summed E-state index contributed by atoms with van der Waals surface area (Å²) >= 11 is 0. The van der Waals surface area contributed by atoms with Crippen LogP contribution < -0.4 is 24.8 Å². The van der Waals surface area contributed by atoms with Gasteiger partial charge in [0.2, 0.25) is 0 Å². The zero-order valence-corrected chi connectivity index (χ0v) is 21.4. The summed E-state index contributed by atoms with van der Waals surface area (Å²) in [6.07, 6.45) is 1.67. The molecule has 8 nitrogen and oxygen atoms in total. The van der Waals surface area contributed by atoms with Gasteiger partial charge in [0.15, 0.2) is 17.5 Å². The highest BCUT2D eigenvalue weighted by Crippen LogP contribution is 2.32. The minimum atomic E-state index is 0. The molecule has 33 heavy (non-hydrogen) atoms. The molecule has 0 amide bonds. The van der Waals surface area contributed by atoms with E-state index in [1.54, 1.807) is 7.11 Å². The van der Waals surface area contributed by atoms with E-state index in [-0.39, 0.29) is 24.0 Å². The number of nitrogens with zero attached hydrogens (tertiary/aromatic N) is 1. The molecule has 0 spiro atoms. The molecule has 2 aromatic rings. The molecule has 3 rings (SSSR count). The highest BCUT2D eigenvalue weighted by atomic mass is 127. The molecule has 1 heterocycles. The van der Waals surface area contributed by atoms with Crippen molar-refractivity contribution in [2.75, 3.05) is 65.2 Å². The fourth-order valence-electron chi connectivity index (χ4n) is 2.97. The number of halogens is 1. The first-order valence-corrected chi connectivity index (χ1v) is 11.0. The number of rotatable bonds is 12. The van der Waals surface area contributed by atoms with Crippen molar-refractivity contribution in [2.24, 2.45) is 4.99 Å². The van der Waals surface area contributed by atoms with Crippen molar-refractivity contribution in [3.63, 3.8) is 0 Å². The van der Waals surface area contributed by atoms with Crippen molar-refractivity contribution < 1.29 is 23.7 Å². The summed E-state index contributed by atoms with van der Waals surface area (Å²) in [6, 6.07) is 15.6. The number of fused-ring (bicyclic) bond motifs is 1. The number of benzene rings is 2. The monoisotopic (exact) mass is 571 g/mol. The van der Waals surface area contributed by atoms with Gasteiger partial charge in [0.05, 0.1) is 39.6 Å². The van der Waals surface area contributed by atoms with E-state index >= 15 is 0 Å². The van der Waals surface area contributed by atoms with Gasteiger partial charge in [0.1, 0.15) is 5.75 Å². The zero-order chi connectivity index (χ0) is 22.3. The summed E-state index contributed by atoms with van der Waals surface area (Å²) in [6.45, 7) is 4.87. The van der Waals surface area contributed by atoms with Gasteiger partial charge in [-0.3, -0.25) is 4.99 Å². The van der Waals surface area contributed by atoms with Crippen molar-refractivity contribution >= 4 is 35.6 Å². The summed E-state index contributed by atoms with van der Waals surface area (Å²) in [5.74, 6) is 3.05. The predicted octanol–water partition coefficient (Wildman–Crippen LogP) is 3.96. The number of para-hydroxylation sites is 1. The maximum absolute atomic E-state index is 5.79. The lowest BCUT2D eigenvalue weighted by molar-refractivity contribution is 0.0734. The van der Waals surface area contributed by atoms with Gasteiger partial charge in [-0.15, -0.1) is 24.0 Å². The minimum absolute atomic E-state index is 0. The maximum Gasteiger partial charge on any atom is 0.195 e. The fourth-order valence-corrected chi connectivity index (χ4v) is 2.97. The third kappa shape index (κ3) is 10.5. The molecule has 0 aromatic heterocycles. The second-order valence-electron chi connectivity index (χ2n) is 7.11. The van der Waals surface area contributed by atoms with Crippen LogP contribution in [-0.4, -0.2) is 65.8 Å². The van der Waals surface area contributed by atoms with Crippen molar-refractivity contribution in [3.05, 3.63) is 48.5 Å². The van der Waals surface area contributed by atoms with E-state index in [1.165, 1.54) is 0 Å². The molecule has 0 saturated heterocycles. The zero-order valence-electron chi connectivity index (χ0n) is 19.1. The smallest absolute Gasteiger partial charge is 0.195 e. The van der Waals surface area contributed by atoms with Crippen LogP contribution in [0, 0.1) is 0 Å². The Labute approximate surface area is 213 Å². The average molecular weight is 571 g/mol. The molecule has 0 saturated carbocycles. The topological polar surface area (TPSA) is 82.6 Å². The average Bonchev–Trinajstić information content (AvgIpc) is 3.06. The normalized spacial score (nSPS) is 12.9. The van der Waals surface area contributed by atoms with Crippen LogP contribution in [0.2, 0.25) is 0 Å². The lowest BCUT2D eigenvalue weighted by atomic mass is 10.3. The number of aliphatic imine (C=N–C) groups is 1. The Bertz CT molecular complexity index is 823. The molecular weight excluding hydrogens is 537 g/mol. The molecular formula is C24H34IN3O5. The van der Waals surface area contributed by atoms with Crippen molar-refractivity contribution in [3.8, 4) is 17.2 Å².